The molecule has 1 saturated heterocycles. The fourth-order valence-electron chi connectivity index (χ4n) is 1.62. The molecule has 1 aliphatic rings. The molecule has 7 nitrogen and oxygen atoms in total. The normalized spacial score (nSPS) is 15.8. The quantitative estimate of drug-likeness (QED) is 0.802. The van der Waals surface area contributed by atoms with Gasteiger partial charge in [0, 0.05) is 14.1 Å². The van der Waals surface area contributed by atoms with Gasteiger partial charge in [-0.05, 0) is 12.1 Å². The van der Waals surface area contributed by atoms with Crippen LogP contribution in [-0.2, 0) is 4.84 Å². The lowest BCUT2D eigenvalue weighted by Gasteiger charge is -2.35. The molecule has 4 amide bonds. The summed E-state index contributed by atoms with van der Waals surface area (Å²) in [6.45, 7) is 0.150. The standard InChI is InChI=1S/C12H13N3O4/c1-13-8-14(2)12(18)15(11(13)17)19-10(16)9-6-4-3-5-7-9/h3-7H,8H2,1-2H3. The van der Waals surface area contributed by atoms with Crippen LogP contribution in [0.25, 0.3) is 0 Å². The van der Waals surface area contributed by atoms with Crippen LogP contribution >= 0.6 is 0 Å². The Labute approximate surface area is 109 Å². The second kappa shape index (κ2) is 4.97. The van der Waals surface area contributed by atoms with Crippen LogP contribution in [0.3, 0.4) is 0 Å². The van der Waals surface area contributed by atoms with Crippen molar-refractivity contribution in [3.8, 4) is 0 Å². The second-order valence-corrected chi connectivity index (χ2v) is 4.14. The van der Waals surface area contributed by atoms with Gasteiger partial charge < -0.3 is 14.6 Å². The van der Waals surface area contributed by atoms with Crippen LogP contribution in [0, 0.1) is 0 Å². The Balaban J connectivity index is 2.15. The SMILES string of the molecule is CN1CN(C)C(=O)N(OC(=O)c2ccccc2)C1=O. The van der Waals surface area contributed by atoms with Gasteiger partial charge in [-0.2, -0.15) is 0 Å². The molecule has 7 heteroatoms. The predicted molar refractivity (Wildman–Crippen MR) is 64.9 cm³/mol. The average molecular weight is 263 g/mol. The van der Waals surface area contributed by atoms with E-state index in [0.29, 0.717) is 5.06 Å². The number of rotatable bonds is 2. The summed E-state index contributed by atoms with van der Waals surface area (Å²) in [7, 11) is 3.02. The smallest absolute Gasteiger partial charge is 0.322 e. The van der Waals surface area contributed by atoms with Crippen LogP contribution in [0.15, 0.2) is 30.3 Å². The largest absolute Gasteiger partial charge is 0.364 e. The van der Waals surface area contributed by atoms with Gasteiger partial charge in [0.25, 0.3) is 0 Å². The number of amides is 4. The van der Waals surface area contributed by atoms with Crippen molar-refractivity contribution in [3.63, 3.8) is 0 Å². The van der Waals surface area contributed by atoms with Crippen LogP contribution in [0.1, 0.15) is 10.4 Å². The average Bonchev–Trinajstić information content (AvgIpc) is 2.42. The number of hydrogen-bond acceptors (Lipinski definition) is 4. The summed E-state index contributed by atoms with van der Waals surface area (Å²) in [5.41, 5.74) is 0.263. The molecule has 0 spiro atoms. The topological polar surface area (TPSA) is 70.2 Å². The first kappa shape index (κ1) is 12.9. The third-order valence-electron chi connectivity index (χ3n) is 2.61. The lowest BCUT2D eigenvalue weighted by Crippen LogP contribution is -2.58. The molecule has 1 aromatic carbocycles. The van der Waals surface area contributed by atoms with Crippen LogP contribution in [0.5, 0.6) is 0 Å². The first-order chi connectivity index (χ1) is 9.00. The molecule has 0 aliphatic carbocycles. The van der Waals surface area contributed by atoms with Crippen LogP contribution < -0.4 is 0 Å². The Bertz CT molecular complexity index is 497. The number of carbonyl (C=O) groups excluding carboxylic acids is 3. The summed E-state index contributed by atoms with van der Waals surface area (Å²) < 4.78 is 0. The van der Waals surface area contributed by atoms with E-state index in [-0.39, 0.29) is 12.2 Å². The molecule has 0 radical (unpaired) electrons. The maximum atomic E-state index is 11.8. The maximum Gasteiger partial charge on any atom is 0.364 e. The van der Waals surface area contributed by atoms with Gasteiger partial charge >= 0.3 is 18.0 Å². The lowest BCUT2D eigenvalue weighted by atomic mass is 10.2. The number of carbonyl (C=O) groups is 3. The molecule has 0 bridgehead atoms. The molecule has 2 rings (SSSR count). The summed E-state index contributed by atoms with van der Waals surface area (Å²) in [5, 5.41) is 0.457. The van der Waals surface area contributed by atoms with Gasteiger partial charge in [0.2, 0.25) is 0 Å². The number of imide groups is 1. The van der Waals surface area contributed by atoms with E-state index < -0.39 is 18.0 Å². The summed E-state index contributed by atoms with van der Waals surface area (Å²) in [4.78, 5) is 42.7. The van der Waals surface area contributed by atoms with Gasteiger partial charge in [-0.1, -0.05) is 23.3 Å². The number of urea groups is 2. The van der Waals surface area contributed by atoms with Gasteiger partial charge in [0.05, 0.1) is 12.2 Å². The highest BCUT2D eigenvalue weighted by atomic mass is 16.7. The van der Waals surface area contributed by atoms with E-state index in [4.69, 9.17) is 4.84 Å². The van der Waals surface area contributed by atoms with Crippen molar-refractivity contribution in [1.82, 2.24) is 14.9 Å². The first-order valence-electron chi connectivity index (χ1n) is 5.58. The van der Waals surface area contributed by atoms with Crippen molar-refractivity contribution in [2.24, 2.45) is 0 Å². The van der Waals surface area contributed by atoms with E-state index in [1.54, 1.807) is 18.2 Å². The van der Waals surface area contributed by atoms with E-state index in [2.05, 4.69) is 0 Å². The molecule has 1 fully saturated rings. The third-order valence-corrected chi connectivity index (χ3v) is 2.61. The molecular formula is C12H13N3O4. The Morgan fingerprint density at radius 3 is 2.11 bits per heavy atom. The zero-order valence-electron chi connectivity index (χ0n) is 10.6. The van der Waals surface area contributed by atoms with Crippen LogP contribution in [-0.4, -0.2) is 53.7 Å². The monoisotopic (exact) mass is 263 g/mol. The van der Waals surface area contributed by atoms with E-state index in [1.165, 1.54) is 36.0 Å². The summed E-state index contributed by atoms with van der Waals surface area (Å²) in [6, 6.07) is 6.79. The summed E-state index contributed by atoms with van der Waals surface area (Å²) in [5.74, 6) is -0.758. The van der Waals surface area contributed by atoms with Gasteiger partial charge in [-0.25, -0.2) is 14.4 Å². The number of hydroxylamine groups is 2. The van der Waals surface area contributed by atoms with Crippen molar-refractivity contribution in [1.29, 1.82) is 0 Å². The fourth-order valence-corrected chi connectivity index (χ4v) is 1.62. The van der Waals surface area contributed by atoms with Gasteiger partial charge in [0.1, 0.15) is 0 Å². The van der Waals surface area contributed by atoms with Crippen LogP contribution in [0.4, 0.5) is 9.59 Å². The van der Waals surface area contributed by atoms with Gasteiger partial charge in [-0.15, -0.1) is 0 Å². The molecule has 0 unspecified atom stereocenters. The lowest BCUT2D eigenvalue weighted by molar-refractivity contribution is -0.0722. The minimum absolute atomic E-state index is 0.150. The number of hydrogen-bond donors (Lipinski definition) is 0. The Hall–Kier alpha value is -2.57. The zero-order chi connectivity index (χ0) is 14.0. The Kier molecular flexibility index (Phi) is 3.37. The van der Waals surface area contributed by atoms with E-state index in [9.17, 15) is 14.4 Å². The molecule has 1 heterocycles. The molecular weight excluding hydrogens is 250 g/mol. The van der Waals surface area contributed by atoms with E-state index >= 15 is 0 Å². The molecule has 0 aromatic heterocycles. The van der Waals surface area contributed by atoms with E-state index in [1.807, 2.05) is 0 Å². The summed E-state index contributed by atoms with van der Waals surface area (Å²) >= 11 is 0. The Morgan fingerprint density at radius 2 is 1.58 bits per heavy atom. The number of nitrogens with zero attached hydrogens (tertiary/aromatic N) is 3. The predicted octanol–water partition coefficient (Wildman–Crippen LogP) is 1.14. The maximum absolute atomic E-state index is 11.8. The van der Waals surface area contributed by atoms with Crippen molar-refractivity contribution < 1.29 is 19.2 Å². The zero-order valence-corrected chi connectivity index (χ0v) is 10.6. The number of benzene rings is 1. The summed E-state index contributed by atoms with van der Waals surface area (Å²) in [6.07, 6.45) is 0. The molecule has 0 atom stereocenters. The highest BCUT2D eigenvalue weighted by Crippen LogP contribution is 2.12. The van der Waals surface area contributed by atoms with Gasteiger partial charge in [0.15, 0.2) is 0 Å². The van der Waals surface area contributed by atoms with Crippen LogP contribution in [0.2, 0.25) is 0 Å². The molecule has 0 saturated carbocycles. The molecule has 1 aromatic rings. The minimum Gasteiger partial charge on any atom is -0.322 e. The second-order valence-electron chi connectivity index (χ2n) is 4.14. The fraction of sp³-hybridized carbons (Fsp3) is 0.250. The highest BCUT2D eigenvalue weighted by molar-refractivity contribution is 5.97. The Morgan fingerprint density at radius 1 is 1.05 bits per heavy atom. The molecule has 100 valence electrons. The third kappa shape index (κ3) is 2.49. The van der Waals surface area contributed by atoms with Crippen molar-refractivity contribution >= 4 is 18.0 Å². The minimum atomic E-state index is -0.758. The van der Waals surface area contributed by atoms with E-state index in [0.717, 1.165) is 0 Å². The highest BCUT2D eigenvalue weighted by Gasteiger charge is 2.37. The van der Waals surface area contributed by atoms with Crippen molar-refractivity contribution in [3.05, 3.63) is 35.9 Å². The van der Waals surface area contributed by atoms with Gasteiger partial charge in [-0.3, -0.25) is 0 Å². The molecule has 0 N–H and O–H groups in total. The van der Waals surface area contributed by atoms with Crippen molar-refractivity contribution in [2.45, 2.75) is 0 Å². The molecule has 19 heavy (non-hydrogen) atoms. The molecule has 1 aliphatic heterocycles. The first-order valence-corrected chi connectivity index (χ1v) is 5.58. The van der Waals surface area contributed by atoms with Crippen molar-refractivity contribution in [2.75, 3.05) is 20.8 Å².